The minimum absolute atomic E-state index is 0.00584. The summed E-state index contributed by atoms with van der Waals surface area (Å²) in [5, 5.41) is 4.45. The summed E-state index contributed by atoms with van der Waals surface area (Å²) in [6, 6.07) is 5.33. The van der Waals surface area contributed by atoms with Gasteiger partial charge >= 0.3 is 0 Å². The van der Waals surface area contributed by atoms with Gasteiger partial charge in [-0.05, 0) is 39.0 Å². The summed E-state index contributed by atoms with van der Waals surface area (Å²) >= 11 is 0. The summed E-state index contributed by atoms with van der Waals surface area (Å²) in [6.07, 6.45) is 3.31. The minimum atomic E-state index is -0.575. The van der Waals surface area contributed by atoms with Gasteiger partial charge < -0.3 is 20.4 Å². The second-order valence-electron chi connectivity index (χ2n) is 9.49. The second kappa shape index (κ2) is 6.57. The van der Waals surface area contributed by atoms with Gasteiger partial charge in [-0.3, -0.25) is 14.3 Å². The number of nitrogens with zero attached hydrogens (tertiary/aromatic N) is 4. The number of nitrogen functional groups attached to an aromatic ring is 1. The number of carbonyl (C=O) groups excluding carboxylic acids is 2. The van der Waals surface area contributed by atoms with E-state index in [1.165, 1.54) is 0 Å². The smallest absolute Gasteiger partial charge is 0.253 e. The molecule has 5 rings (SSSR count). The second-order valence-corrected chi connectivity index (χ2v) is 9.49. The Balaban J connectivity index is 1.32. The number of likely N-dealkylation sites (tertiary alicyclic amines) is 1. The molecule has 0 radical (unpaired) electrons. The minimum Gasteiger partial charge on any atom is -0.483 e. The lowest BCUT2D eigenvalue weighted by atomic mass is 9.83. The monoisotopic (exact) mass is 422 g/mol. The zero-order valence-electron chi connectivity index (χ0n) is 17.9. The normalized spacial score (nSPS) is 18.3. The van der Waals surface area contributed by atoms with Crippen LogP contribution in [-0.4, -0.2) is 55.0 Å². The number of imidazole rings is 1. The first-order valence-corrected chi connectivity index (χ1v) is 10.5. The quantitative estimate of drug-likeness (QED) is 0.622. The maximum Gasteiger partial charge on any atom is 0.253 e. The van der Waals surface area contributed by atoms with Crippen LogP contribution in [0.3, 0.4) is 0 Å². The number of rotatable bonds is 1. The third-order valence-corrected chi connectivity index (χ3v) is 6.15. The number of amides is 1. The van der Waals surface area contributed by atoms with E-state index in [2.05, 4.69) is 15.1 Å². The van der Waals surface area contributed by atoms with E-state index in [1.54, 1.807) is 22.9 Å². The van der Waals surface area contributed by atoms with E-state index in [-0.39, 0.29) is 17.2 Å². The summed E-state index contributed by atoms with van der Waals surface area (Å²) in [5.41, 5.74) is 7.35. The fourth-order valence-electron chi connectivity index (χ4n) is 4.36. The number of benzene rings is 1. The van der Waals surface area contributed by atoms with Gasteiger partial charge in [0.15, 0.2) is 23.2 Å². The lowest BCUT2D eigenvalue weighted by molar-refractivity contribution is -0.00585. The van der Waals surface area contributed by atoms with Gasteiger partial charge in [-0.15, -0.1) is 0 Å². The first-order chi connectivity index (χ1) is 14.6. The number of ketones is 1. The number of anilines is 1. The SMILES string of the molecule is CC(C)(C)n1cc2c(n1)C(=O)CC1(CCN(C(=O)c3ccc4nc(N)[nH]c4c3)CC1)O2. The van der Waals surface area contributed by atoms with Crippen molar-refractivity contribution in [3.8, 4) is 5.75 Å². The first-order valence-electron chi connectivity index (χ1n) is 10.5. The van der Waals surface area contributed by atoms with E-state index >= 15 is 0 Å². The van der Waals surface area contributed by atoms with Crippen LogP contribution >= 0.6 is 0 Å². The molecule has 1 aromatic carbocycles. The molecule has 2 aromatic heterocycles. The first kappa shape index (κ1) is 19.6. The van der Waals surface area contributed by atoms with Crippen molar-refractivity contribution < 1.29 is 14.3 Å². The standard InChI is InChI=1S/C22H26N6O3/c1-21(2,3)28-12-17-18(26-28)16(29)11-22(31-17)6-8-27(9-7-22)19(30)13-4-5-14-15(10-13)25-20(23)24-14/h4-5,10,12H,6-9,11H2,1-3H3,(H3,23,24,25). The maximum atomic E-state index is 13.0. The molecule has 0 aliphatic carbocycles. The molecule has 1 saturated heterocycles. The third kappa shape index (κ3) is 3.34. The largest absolute Gasteiger partial charge is 0.483 e. The number of nitrogens with one attached hydrogen (secondary N) is 1. The molecule has 9 nitrogen and oxygen atoms in total. The Bertz CT molecular complexity index is 1190. The van der Waals surface area contributed by atoms with Gasteiger partial charge in [-0.1, -0.05) is 0 Å². The van der Waals surface area contributed by atoms with E-state index in [9.17, 15) is 9.59 Å². The molecule has 9 heteroatoms. The van der Waals surface area contributed by atoms with Crippen LogP contribution in [0, 0.1) is 0 Å². The lowest BCUT2D eigenvalue weighted by Crippen LogP contribution is -2.52. The molecule has 0 bridgehead atoms. The van der Waals surface area contributed by atoms with Crippen LogP contribution in [0.1, 0.15) is 60.9 Å². The van der Waals surface area contributed by atoms with Gasteiger partial charge in [0, 0.05) is 31.5 Å². The van der Waals surface area contributed by atoms with Gasteiger partial charge in [0.25, 0.3) is 5.91 Å². The Hall–Kier alpha value is -3.36. The fraction of sp³-hybridized carbons (Fsp3) is 0.455. The van der Waals surface area contributed by atoms with Gasteiger partial charge in [-0.2, -0.15) is 5.10 Å². The predicted octanol–water partition coefficient (Wildman–Crippen LogP) is 2.74. The molecule has 1 fully saturated rings. The molecule has 0 atom stereocenters. The van der Waals surface area contributed by atoms with Crippen molar-refractivity contribution in [2.45, 2.75) is 51.2 Å². The number of carbonyl (C=O) groups is 2. The zero-order valence-corrected chi connectivity index (χ0v) is 17.9. The number of Topliss-reactive ketones (excluding diaryl/α,β-unsaturated/α-hetero) is 1. The van der Waals surface area contributed by atoms with Gasteiger partial charge in [0.2, 0.25) is 0 Å². The highest BCUT2D eigenvalue weighted by Gasteiger charge is 2.45. The zero-order chi connectivity index (χ0) is 22.0. The Morgan fingerprint density at radius 1 is 1.26 bits per heavy atom. The van der Waals surface area contributed by atoms with Crippen molar-refractivity contribution in [2.24, 2.45) is 0 Å². The lowest BCUT2D eigenvalue weighted by Gasteiger charge is -2.43. The highest BCUT2D eigenvalue weighted by molar-refractivity contribution is 5.99. The van der Waals surface area contributed by atoms with Crippen LogP contribution in [0.2, 0.25) is 0 Å². The summed E-state index contributed by atoms with van der Waals surface area (Å²) in [4.78, 5) is 34.8. The number of nitrogens with two attached hydrogens (primary N) is 1. The molecule has 1 amide bonds. The number of ether oxygens (including phenoxy) is 1. The van der Waals surface area contributed by atoms with Crippen LogP contribution in [0.15, 0.2) is 24.4 Å². The van der Waals surface area contributed by atoms with Crippen molar-refractivity contribution in [3.63, 3.8) is 0 Å². The van der Waals surface area contributed by atoms with Crippen LogP contribution in [-0.2, 0) is 5.54 Å². The fourth-order valence-corrected chi connectivity index (χ4v) is 4.36. The predicted molar refractivity (Wildman–Crippen MR) is 115 cm³/mol. The topological polar surface area (TPSA) is 119 Å². The molecule has 3 N–H and O–H groups in total. The van der Waals surface area contributed by atoms with Crippen molar-refractivity contribution in [2.75, 3.05) is 18.8 Å². The van der Waals surface area contributed by atoms with E-state index in [0.29, 0.717) is 55.3 Å². The Morgan fingerprint density at radius 2 is 2.00 bits per heavy atom. The van der Waals surface area contributed by atoms with Gasteiger partial charge in [-0.25, -0.2) is 4.98 Å². The number of aromatic nitrogens is 4. The third-order valence-electron chi connectivity index (χ3n) is 6.15. The van der Waals surface area contributed by atoms with Crippen molar-refractivity contribution in [3.05, 3.63) is 35.7 Å². The summed E-state index contributed by atoms with van der Waals surface area (Å²) in [7, 11) is 0. The summed E-state index contributed by atoms with van der Waals surface area (Å²) in [6.45, 7) is 7.15. The van der Waals surface area contributed by atoms with Gasteiger partial charge in [0.05, 0.1) is 29.2 Å². The summed E-state index contributed by atoms with van der Waals surface area (Å²) < 4.78 is 8.11. The average molecular weight is 422 g/mol. The van der Waals surface area contributed by atoms with Crippen molar-refractivity contribution >= 4 is 28.7 Å². The van der Waals surface area contributed by atoms with Crippen molar-refractivity contribution in [1.29, 1.82) is 0 Å². The molecule has 0 unspecified atom stereocenters. The number of aromatic amines is 1. The van der Waals surface area contributed by atoms with Crippen LogP contribution in [0.5, 0.6) is 5.75 Å². The molecule has 3 aromatic rings. The Labute approximate surface area is 179 Å². The van der Waals surface area contributed by atoms with Crippen LogP contribution in [0.4, 0.5) is 5.95 Å². The molecule has 4 heterocycles. The summed E-state index contributed by atoms with van der Waals surface area (Å²) in [5.74, 6) is 0.834. The molecular formula is C22H26N6O3. The van der Waals surface area contributed by atoms with E-state index in [1.807, 2.05) is 31.9 Å². The Morgan fingerprint density at radius 3 is 2.71 bits per heavy atom. The molecule has 0 saturated carbocycles. The molecule has 2 aliphatic rings. The number of H-pyrrole nitrogens is 1. The van der Waals surface area contributed by atoms with Gasteiger partial charge in [0.1, 0.15) is 5.60 Å². The number of fused-ring (bicyclic) bond motifs is 2. The number of hydrogen-bond donors (Lipinski definition) is 2. The van der Waals surface area contributed by atoms with Crippen LogP contribution < -0.4 is 10.5 Å². The van der Waals surface area contributed by atoms with E-state index in [0.717, 1.165) is 11.0 Å². The van der Waals surface area contributed by atoms with Crippen molar-refractivity contribution in [1.82, 2.24) is 24.6 Å². The Kier molecular flexibility index (Phi) is 4.15. The number of piperidine rings is 1. The average Bonchev–Trinajstić information content (AvgIpc) is 3.30. The number of hydrogen-bond acceptors (Lipinski definition) is 6. The van der Waals surface area contributed by atoms with E-state index < -0.39 is 5.60 Å². The molecular weight excluding hydrogens is 396 g/mol. The highest BCUT2D eigenvalue weighted by Crippen LogP contribution is 2.39. The molecule has 31 heavy (non-hydrogen) atoms. The molecule has 162 valence electrons. The van der Waals surface area contributed by atoms with E-state index in [4.69, 9.17) is 10.5 Å². The maximum absolute atomic E-state index is 13.0. The molecule has 1 spiro atoms. The molecule has 2 aliphatic heterocycles. The van der Waals surface area contributed by atoms with Crippen LogP contribution in [0.25, 0.3) is 11.0 Å². The highest BCUT2D eigenvalue weighted by atomic mass is 16.5.